The lowest BCUT2D eigenvalue weighted by Crippen LogP contribution is -2.44. The maximum absolute atomic E-state index is 13.4. The van der Waals surface area contributed by atoms with Gasteiger partial charge < -0.3 is 15.5 Å². The molecule has 32 heavy (non-hydrogen) atoms. The van der Waals surface area contributed by atoms with E-state index in [1.165, 1.54) is 12.1 Å². The maximum atomic E-state index is 13.4. The number of aromatic nitrogens is 2. The Kier molecular flexibility index (Phi) is 6.46. The number of hydrogen-bond donors (Lipinski definition) is 2. The molecule has 10 heteroatoms. The fraction of sp³-hybridized carbons (Fsp3) is 0.500. The average Bonchev–Trinajstić information content (AvgIpc) is 2.76. The van der Waals surface area contributed by atoms with Crippen LogP contribution in [0.25, 0.3) is 0 Å². The Morgan fingerprint density at radius 1 is 1.31 bits per heavy atom. The third kappa shape index (κ3) is 5.26. The third-order valence-corrected chi connectivity index (χ3v) is 6.36. The molecule has 2 amide bonds. The van der Waals surface area contributed by atoms with E-state index in [9.17, 15) is 18.0 Å². The summed E-state index contributed by atoms with van der Waals surface area (Å²) in [7, 11) is 0. The van der Waals surface area contributed by atoms with Gasteiger partial charge in [-0.2, -0.15) is 0 Å². The van der Waals surface area contributed by atoms with Gasteiger partial charge in [-0.25, -0.2) is 27.9 Å². The van der Waals surface area contributed by atoms with E-state index in [0.717, 1.165) is 11.3 Å². The Morgan fingerprint density at radius 2 is 2.06 bits per heavy atom. The van der Waals surface area contributed by atoms with Crippen LogP contribution in [-0.2, 0) is 13.0 Å². The second kappa shape index (κ2) is 9.13. The largest absolute Gasteiger partial charge is 0.351 e. The van der Waals surface area contributed by atoms with E-state index >= 15 is 0 Å². The summed E-state index contributed by atoms with van der Waals surface area (Å²) in [4.78, 5) is 23.3. The normalized spacial score (nSPS) is 19.2. The molecule has 0 saturated heterocycles. The highest BCUT2D eigenvalue weighted by Gasteiger charge is 2.35. The van der Waals surface area contributed by atoms with Crippen molar-refractivity contribution in [1.82, 2.24) is 20.2 Å². The molecule has 1 saturated carbocycles. The number of halogens is 4. The lowest BCUT2D eigenvalue weighted by Gasteiger charge is -2.31. The molecule has 2 heterocycles. The van der Waals surface area contributed by atoms with Crippen molar-refractivity contribution < 1.29 is 18.0 Å². The number of benzene rings is 1. The second-order valence-electron chi connectivity index (χ2n) is 8.46. The number of alkyl halides is 2. The zero-order chi connectivity index (χ0) is 22.9. The van der Waals surface area contributed by atoms with Crippen LogP contribution in [0.2, 0.25) is 5.02 Å². The minimum Gasteiger partial charge on any atom is -0.351 e. The molecule has 0 unspecified atom stereocenters. The maximum Gasteiger partial charge on any atom is 0.318 e. The Balaban J connectivity index is 1.37. The summed E-state index contributed by atoms with van der Waals surface area (Å²) in [5.41, 5.74) is 2.41. The van der Waals surface area contributed by atoms with Gasteiger partial charge in [-0.15, -0.1) is 0 Å². The summed E-state index contributed by atoms with van der Waals surface area (Å²) >= 11 is 5.84. The van der Waals surface area contributed by atoms with Gasteiger partial charge in [-0.05, 0) is 49.4 Å². The van der Waals surface area contributed by atoms with E-state index in [2.05, 4.69) is 20.6 Å². The Bertz CT molecular complexity index is 996. The van der Waals surface area contributed by atoms with Gasteiger partial charge in [-0.1, -0.05) is 17.7 Å². The first kappa shape index (κ1) is 22.6. The Labute approximate surface area is 189 Å². The SMILES string of the molecule is C[C@@H](NC(=O)N1CCc2cnc(NC3CCC(F)(F)CC3)nc2C1)c1ccc(F)c(Cl)c1. The van der Waals surface area contributed by atoms with E-state index in [1.54, 1.807) is 24.1 Å². The summed E-state index contributed by atoms with van der Waals surface area (Å²) in [5.74, 6) is -2.69. The molecule has 6 nitrogen and oxygen atoms in total. The van der Waals surface area contributed by atoms with E-state index in [1.807, 2.05) is 0 Å². The van der Waals surface area contributed by atoms with Gasteiger partial charge in [0, 0.05) is 31.6 Å². The molecule has 1 aromatic heterocycles. The van der Waals surface area contributed by atoms with Crippen LogP contribution >= 0.6 is 11.6 Å². The van der Waals surface area contributed by atoms with Crippen LogP contribution in [-0.4, -0.2) is 39.4 Å². The first-order valence-electron chi connectivity index (χ1n) is 10.7. The fourth-order valence-corrected chi connectivity index (χ4v) is 4.24. The summed E-state index contributed by atoms with van der Waals surface area (Å²) in [5, 5.41) is 6.07. The van der Waals surface area contributed by atoms with Crippen molar-refractivity contribution in [2.24, 2.45) is 0 Å². The standard InChI is InChI=1S/C22H25ClF3N5O/c1-13(14-2-3-18(24)17(23)10-14)28-21(32)31-9-6-15-11-27-20(30-19(15)12-31)29-16-4-7-22(25,26)8-5-16/h2-3,10-11,13,16H,4-9,12H2,1H3,(H,28,32)(H,27,29,30)/t13-/m1/s1. The minimum absolute atomic E-state index is 0.00825. The van der Waals surface area contributed by atoms with Gasteiger partial charge in [-0.3, -0.25) is 0 Å². The lowest BCUT2D eigenvalue weighted by atomic mass is 9.92. The molecule has 172 valence electrons. The van der Waals surface area contributed by atoms with Crippen molar-refractivity contribution in [3.05, 3.63) is 52.1 Å². The van der Waals surface area contributed by atoms with Crippen LogP contribution in [0.15, 0.2) is 24.4 Å². The van der Waals surface area contributed by atoms with Crippen LogP contribution in [0.1, 0.15) is 55.5 Å². The van der Waals surface area contributed by atoms with Gasteiger partial charge >= 0.3 is 6.03 Å². The molecule has 1 aromatic carbocycles. The smallest absolute Gasteiger partial charge is 0.318 e. The number of nitrogens with zero attached hydrogens (tertiary/aromatic N) is 3. The molecule has 1 aliphatic carbocycles. The first-order chi connectivity index (χ1) is 15.2. The van der Waals surface area contributed by atoms with Crippen LogP contribution in [0.4, 0.5) is 23.9 Å². The molecule has 2 N–H and O–H groups in total. The zero-order valence-electron chi connectivity index (χ0n) is 17.7. The van der Waals surface area contributed by atoms with E-state index in [0.29, 0.717) is 43.9 Å². The second-order valence-corrected chi connectivity index (χ2v) is 8.86. The molecule has 0 bridgehead atoms. The molecule has 4 rings (SSSR count). The molecule has 0 spiro atoms. The predicted octanol–water partition coefficient (Wildman–Crippen LogP) is 5.09. The zero-order valence-corrected chi connectivity index (χ0v) is 18.4. The molecule has 2 aromatic rings. The number of fused-ring (bicyclic) bond motifs is 1. The van der Waals surface area contributed by atoms with Crippen LogP contribution in [0.5, 0.6) is 0 Å². The average molecular weight is 468 g/mol. The number of rotatable bonds is 4. The lowest BCUT2D eigenvalue weighted by molar-refractivity contribution is -0.0361. The highest BCUT2D eigenvalue weighted by molar-refractivity contribution is 6.30. The first-order valence-corrected chi connectivity index (χ1v) is 11.1. The summed E-state index contributed by atoms with van der Waals surface area (Å²) < 4.78 is 40.1. The number of hydrogen-bond acceptors (Lipinski definition) is 4. The van der Waals surface area contributed by atoms with Crippen molar-refractivity contribution in [3.8, 4) is 0 Å². The third-order valence-electron chi connectivity index (χ3n) is 6.07. The number of anilines is 1. The molecular formula is C22H25ClF3N5O. The quantitative estimate of drug-likeness (QED) is 0.657. The number of carbonyl (C=O) groups is 1. The van der Waals surface area contributed by atoms with Gasteiger partial charge in [0.15, 0.2) is 0 Å². The molecular weight excluding hydrogens is 443 g/mol. The van der Waals surface area contributed by atoms with E-state index in [4.69, 9.17) is 11.6 Å². The Hall–Kier alpha value is -2.55. The van der Waals surface area contributed by atoms with Crippen molar-refractivity contribution >= 4 is 23.6 Å². The topological polar surface area (TPSA) is 70.2 Å². The van der Waals surface area contributed by atoms with Gasteiger partial charge in [0.1, 0.15) is 5.82 Å². The predicted molar refractivity (Wildman–Crippen MR) is 115 cm³/mol. The highest BCUT2D eigenvalue weighted by Crippen LogP contribution is 2.34. The highest BCUT2D eigenvalue weighted by atomic mass is 35.5. The summed E-state index contributed by atoms with van der Waals surface area (Å²) in [6, 6.07) is 3.67. The van der Waals surface area contributed by atoms with Gasteiger partial charge in [0.05, 0.1) is 23.3 Å². The minimum atomic E-state index is -2.58. The molecule has 1 fully saturated rings. The van der Waals surface area contributed by atoms with Crippen molar-refractivity contribution in [2.45, 2.75) is 63.6 Å². The number of carbonyl (C=O) groups excluding carboxylic acids is 1. The van der Waals surface area contributed by atoms with Crippen molar-refractivity contribution in [2.75, 3.05) is 11.9 Å². The van der Waals surface area contributed by atoms with Crippen LogP contribution in [0.3, 0.4) is 0 Å². The number of urea groups is 1. The van der Waals surface area contributed by atoms with E-state index in [-0.39, 0.29) is 36.0 Å². The molecule has 0 radical (unpaired) electrons. The molecule has 1 aliphatic heterocycles. The fourth-order valence-electron chi connectivity index (χ4n) is 4.05. The van der Waals surface area contributed by atoms with Crippen molar-refractivity contribution in [3.63, 3.8) is 0 Å². The number of amides is 2. The Morgan fingerprint density at radius 3 is 2.78 bits per heavy atom. The molecule has 2 aliphatic rings. The van der Waals surface area contributed by atoms with Gasteiger partial charge in [0.25, 0.3) is 0 Å². The monoisotopic (exact) mass is 467 g/mol. The molecule has 1 atom stereocenters. The van der Waals surface area contributed by atoms with E-state index < -0.39 is 11.7 Å². The summed E-state index contributed by atoms with van der Waals surface area (Å²) in [6.45, 7) is 2.64. The number of nitrogens with one attached hydrogen (secondary N) is 2. The van der Waals surface area contributed by atoms with Crippen LogP contribution in [0, 0.1) is 5.82 Å². The van der Waals surface area contributed by atoms with Crippen LogP contribution < -0.4 is 10.6 Å². The van der Waals surface area contributed by atoms with Gasteiger partial charge in [0.2, 0.25) is 11.9 Å². The van der Waals surface area contributed by atoms with Crippen molar-refractivity contribution in [1.29, 1.82) is 0 Å². The summed E-state index contributed by atoms with van der Waals surface area (Å²) in [6.07, 6.45) is 2.82.